The zero-order chi connectivity index (χ0) is 14.6. The van der Waals surface area contributed by atoms with Crippen molar-refractivity contribution >= 4 is 16.7 Å². The number of aryl methyl sites for hydroxylation is 2. The molecule has 0 fully saturated rings. The highest BCUT2D eigenvalue weighted by molar-refractivity contribution is 5.98. The first-order valence-electron chi connectivity index (χ1n) is 6.65. The molecule has 102 valence electrons. The third-order valence-corrected chi connectivity index (χ3v) is 3.96. The molecule has 0 atom stereocenters. The number of hydrogen-bond donors (Lipinski definition) is 2. The van der Waals surface area contributed by atoms with Crippen LogP contribution in [-0.2, 0) is 12.8 Å². The van der Waals surface area contributed by atoms with Crippen LogP contribution in [0.25, 0.3) is 27.1 Å². The van der Waals surface area contributed by atoms with Crippen molar-refractivity contribution in [2.75, 3.05) is 0 Å². The Bertz CT molecular complexity index is 931. The van der Waals surface area contributed by atoms with Crippen LogP contribution in [0.3, 0.4) is 0 Å². The molecule has 4 heteroatoms. The quantitative estimate of drug-likeness (QED) is 0.606. The Hall–Kier alpha value is -2.93. The van der Waals surface area contributed by atoms with Crippen molar-refractivity contribution in [2.45, 2.75) is 12.8 Å². The van der Waals surface area contributed by atoms with Crippen LogP contribution in [-0.4, -0.2) is 10.2 Å². The van der Waals surface area contributed by atoms with E-state index in [9.17, 15) is 10.2 Å². The number of fused-ring (bicyclic) bond motifs is 5. The molecule has 0 saturated carbocycles. The monoisotopic (exact) mass is 277 g/mol. The molecule has 1 aliphatic carbocycles. The van der Waals surface area contributed by atoms with Crippen molar-refractivity contribution in [3.05, 3.63) is 52.9 Å². The van der Waals surface area contributed by atoms with E-state index in [-0.39, 0.29) is 11.5 Å². The van der Waals surface area contributed by atoms with Gasteiger partial charge in [0.2, 0.25) is 5.69 Å². The molecule has 0 unspecified atom stereocenters. The van der Waals surface area contributed by atoms with Crippen LogP contribution < -0.4 is 0 Å². The zero-order valence-corrected chi connectivity index (χ0v) is 11.1. The highest BCUT2D eigenvalue weighted by Crippen LogP contribution is 2.44. The number of hydrogen-bond acceptors (Lipinski definition) is 3. The Morgan fingerprint density at radius 1 is 1.05 bits per heavy atom. The van der Waals surface area contributed by atoms with Gasteiger partial charge in [0.25, 0.3) is 0 Å². The molecular weight excluding hydrogens is 266 g/mol. The number of furan rings is 1. The molecule has 0 saturated heterocycles. The van der Waals surface area contributed by atoms with Crippen LogP contribution in [0.2, 0.25) is 0 Å². The lowest BCUT2D eigenvalue weighted by molar-refractivity contribution is 0.474. The van der Waals surface area contributed by atoms with Gasteiger partial charge < -0.3 is 14.6 Å². The predicted octanol–water partition coefficient (Wildman–Crippen LogP) is 4.16. The fourth-order valence-corrected chi connectivity index (χ4v) is 3.03. The van der Waals surface area contributed by atoms with Crippen LogP contribution in [0.4, 0.5) is 5.69 Å². The van der Waals surface area contributed by atoms with Crippen molar-refractivity contribution in [3.8, 4) is 22.8 Å². The average Bonchev–Trinajstić information content (AvgIpc) is 2.84. The molecule has 1 heterocycles. The maximum absolute atomic E-state index is 9.78. The van der Waals surface area contributed by atoms with Gasteiger partial charge in [-0.2, -0.15) is 0 Å². The summed E-state index contributed by atoms with van der Waals surface area (Å²) in [6.07, 6.45) is 1.56. The van der Waals surface area contributed by atoms with Gasteiger partial charge >= 0.3 is 0 Å². The summed E-state index contributed by atoms with van der Waals surface area (Å²) in [6, 6.07) is 8.29. The van der Waals surface area contributed by atoms with Gasteiger partial charge in [-0.1, -0.05) is 0 Å². The minimum atomic E-state index is 0.0774. The fourth-order valence-electron chi connectivity index (χ4n) is 3.03. The smallest absolute Gasteiger partial charge is 0.233 e. The normalized spacial score (nSPS) is 12.7. The molecule has 2 N–H and O–H groups in total. The molecule has 3 aromatic rings. The molecule has 1 aliphatic rings. The molecular formula is C17H11NO3. The van der Waals surface area contributed by atoms with E-state index in [1.807, 2.05) is 6.07 Å². The Kier molecular flexibility index (Phi) is 2.28. The molecule has 2 aromatic carbocycles. The largest absolute Gasteiger partial charge is 0.509 e. The number of rotatable bonds is 0. The summed E-state index contributed by atoms with van der Waals surface area (Å²) in [6.45, 7) is 7.23. The van der Waals surface area contributed by atoms with Gasteiger partial charge in [0.1, 0.15) is 22.8 Å². The van der Waals surface area contributed by atoms with Gasteiger partial charge in [-0.3, -0.25) is 0 Å². The number of aromatic hydroxyl groups is 2. The highest BCUT2D eigenvalue weighted by atomic mass is 16.3. The molecule has 0 aliphatic heterocycles. The third-order valence-electron chi connectivity index (χ3n) is 3.96. The maximum atomic E-state index is 9.78. The molecule has 4 rings (SSSR count). The lowest BCUT2D eigenvalue weighted by Crippen LogP contribution is -2.01. The summed E-state index contributed by atoms with van der Waals surface area (Å²) in [4.78, 5) is 3.43. The van der Waals surface area contributed by atoms with E-state index in [0.29, 0.717) is 11.3 Å². The van der Waals surface area contributed by atoms with Crippen molar-refractivity contribution in [2.24, 2.45) is 0 Å². The average molecular weight is 277 g/mol. The van der Waals surface area contributed by atoms with Gasteiger partial charge in [-0.05, 0) is 48.7 Å². The van der Waals surface area contributed by atoms with Gasteiger partial charge in [-0.25, -0.2) is 4.85 Å². The molecule has 4 nitrogen and oxygen atoms in total. The van der Waals surface area contributed by atoms with E-state index in [2.05, 4.69) is 4.85 Å². The third kappa shape index (κ3) is 1.61. The van der Waals surface area contributed by atoms with Gasteiger partial charge in [-0.15, -0.1) is 0 Å². The topological polar surface area (TPSA) is 58.0 Å². The number of phenols is 2. The number of phenolic OH excluding ortho intramolecular Hbond substituents is 2. The molecule has 1 aromatic heterocycles. The first-order chi connectivity index (χ1) is 10.2. The summed E-state index contributed by atoms with van der Waals surface area (Å²) in [5.74, 6) is 1.06. The Morgan fingerprint density at radius 2 is 1.90 bits per heavy atom. The van der Waals surface area contributed by atoms with Gasteiger partial charge in [0.15, 0.2) is 0 Å². The second kappa shape index (κ2) is 4.03. The maximum Gasteiger partial charge on any atom is 0.233 e. The lowest BCUT2D eigenvalue weighted by Gasteiger charge is -2.15. The summed E-state index contributed by atoms with van der Waals surface area (Å²) in [5.41, 5.74) is 3.84. The second-order valence-electron chi connectivity index (χ2n) is 5.20. The molecule has 21 heavy (non-hydrogen) atoms. The highest BCUT2D eigenvalue weighted by Gasteiger charge is 2.24. The van der Waals surface area contributed by atoms with E-state index in [1.54, 1.807) is 18.2 Å². The first kappa shape index (κ1) is 11.9. The first-order valence-corrected chi connectivity index (χ1v) is 6.65. The predicted molar refractivity (Wildman–Crippen MR) is 78.6 cm³/mol. The summed E-state index contributed by atoms with van der Waals surface area (Å²) in [7, 11) is 0. The fraction of sp³-hybridized carbons (Fsp3) is 0.118. The Balaban J connectivity index is 2.08. The van der Waals surface area contributed by atoms with Crippen LogP contribution in [0.15, 0.2) is 34.7 Å². The van der Waals surface area contributed by atoms with E-state index < -0.39 is 0 Å². The standard InChI is InChI=1S/C17H11NO3/c1-18-15-8-11(20)7-14-13-4-2-9-6-10(19)3-5-12(9)16(13)21-17(14)15/h3,5-8,19-20H,2,4H2. The number of nitrogens with zero attached hydrogens (tertiary/aromatic N) is 1. The summed E-state index contributed by atoms with van der Waals surface area (Å²) < 4.78 is 5.93. The van der Waals surface area contributed by atoms with Crippen molar-refractivity contribution < 1.29 is 14.6 Å². The molecule has 0 bridgehead atoms. The van der Waals surface area contributed by atoms with E-state index in [1.165, 1.54) is 6.07 Å². The van der Waals surface area contributed by atoms with Gasteiger partial charge in [0.05, 0.1) is 6.57 Å². The number of benzene rings is 2. The van der Waals surface area contributed by atoms with Gasteiger partial charge in [0, 0.05) is 16.5 Å². The van der Waals surface area contributed by atoms with Crippen LogP contribution in [0.5, 0.6) is 11.5 Å². The Morgan fingerprint density at radius 3 is 2.71 bits per heavy atom. The zero-order valence-electron chi connectivity index (χ0n) is 11.1. The van der Waals surface area contributed by atoms with Crippen LogP contribution in [0.1, 0.15) is 11.1 Å². The Labute approximate surface area is 120 Å². The summed E-state index contributed by atoms with van der Waals surface area (Å²) >= 11 is 0. The van der Waals surface area contributed by atoms with Crippen LogP contribution >= 0.6 is 0 Å². The molecule has 0 amide bonds. The van der Waals surface area contributed by atoms with E-state index in [0.717, 1.165) is 40.7 Å². The second-order valence-corrected chi connectivity index (χ2v) is 5.20. The minimum absolute atomic E-state index is 0.0774. The van der Waals surface area contributed by atoms with E-state index in [4.69, 9.17) is 11.0 Å². The van der Waals surface area contributed by atoms with Crippen molar-refractivity contribution in [1.82, 2.24) is 0 Å². The van der Waals surface area contributed by atoms with Crippen molar-refractivity contribution in [3.63, 3.8) is 0 Å². The molecule has 0 spiro atoms. The lowest BCUT2D eigenvalue weighted by atomic mass is 9.89. The van der Waals surface area contributed by atoms with Crippen LogP contribution in [0, 0.1) is 6.57 Å². The molecule has 0 radical (unpaired) electrons. The van der Waals surface area contributed by atoms with E-state index >= 15 is 0 Å². The minimum Gasteiger partial charge on any atom is -0.509 e. The summed E-state index contributed by atoms with van der Waals surface area (Å²) in [5, 5.41) is 20.2. The van der Waals surface area contributed by atoms with Crippen molar-refractivity contribution in [1.29, 1.82) is 0 Å². The SMILES string of the molecule is [C-]#[N+]c1cc(O)cc2c3c(oc12)-c1ccc(O)cc1CC3.